The molecule has 1 atom stereocenters. The van der Waals surface area contributed by atoms with E-state index < -0.39 is 11.6 Å². The third-order valence-electron chi connectivity index (χ3n) is 4.66. The summed E-state index contributed by atoms with van der Waals surface area (Å²) >= 11 is 0. The van der Waals surface area contributed by atoms with Crippen LogP contribution in [0.3, 0.4) is 0 Å². The minimum atomic E-state index is -1.06. The number of hydrogen-bond donors (Lipinski definition) is 4. The molecular formula is C17H27N3O5. The summed E-state index contributed by atoms with van der Waals surface area (Å²) in [6.45, 7) is 4.47. The summed E-state index contributed by atoms with van der Waals surface area (Å²) in [5, 5.41) is 24.4. The zero-order chi connectivity index (χ0) is 18.4. The van der Waals surface area contributed by atoms with Crippen LogP contribution in [0.4, 0.5) is 0 Å². The van der Waals surface area contributed by atoms with E-state index in [1.165, 1.54) is 0 Å². The molecule has 0 aliphatic carbocycles. The molecule has 0 aromatic carbocycles. The predicted octanol–water partition coefficient (Wildman–Crippen LogP) is -0.472. The van der Waals surface area contributed by atoms with Gasteiger partial charge in [0.1, 0.15) is 11.5 Å². The van der Waals surface area contributed by atoms with E-state index in [2.05, 4.69) is 10.6 Å². The molecule has 1 aliphatic rings. The first-order chi connectivity index (χ1) is 11.9. The van der Waals surface area contributed by atoms with Gasteiger partial charge in [0, 0.05) is 13.1 Å². The van der Waals surface area contributed by atoms with Gasteiger partial charge >= 0.3 is 0 Å². The summed E-state index contributed by atoms with van der Waals surface area (Å²) in [4.78, 5) is 26.5. The molecule has 0 unspecified atom stereocenters. The number of aliphatic hydroxyl groups is 2. The van der Waals surface area contributed by atoms with E-state index in [4.69, 9.17) is 4.42 Å². The van der Waals surface area contributed by atoms with Crippen LogP contribution in [-0.4, -0.2) is 64.8 Å². The molecule has 2 heterocycles. The molecule has 2 amide bonds. The second kappa shape index (κ2) is 8.46. The molecule has 0 radical (unpaired) electrons. The fourth-order valence-electron chi connectivity index (χ4n) is 2.91. The predicted molar refractivity (Wildman–Crippen MR) is 90.6 cm³/mol. The Balaban J connectivity index is 2.04. The maximum atomic E-state index is 12.4. The molecule has 8 nitrogen and oxygen atoms in total. The van der Waals surface area contributed by atoms with Crippen molar-refractivity contribution in [3.8, 4) is 0 Å². The highest BCUT2D eigenvalue weighted by Gasteiger charge is 2.35. The van der Waals surface area contributed by atoms with E-state index in [0.717, 1.165) is 11.5 Å². The maximum Gasteiger partial charge on any atom is 0.237 e. The average Bonchev–Trinajstić information content (AvgIpc) is 3.01. The Morgan fingerprint density at radius 1 is 1.44 bits per heavy atom. The Kier molecular flexibility index (Phi) is 6.57. The van der Waals surface area contributed by atoms with Crippen molar-refractivity contribution in [1.82, 2.24) is 15.5 Å². The number of carbonyl (C=O) groups excluding carboxylic acids is 2. The second-order valence-corrected chi connectivity index (χ2v) is 6.49. The molecule has 1 saturated heterocycles. The van der Waals surface area contributed by atoms with Crippen LogP contribution < -0.4 is 10.6 Å². The van der Waals surface area contributed by atoms with Crippen LogP contribution in [0.5, 0.6) is 0 Å². The first kappa shape index (κ1) is 19.4. The van der Waals surface area contributed by atoms with Crippen molar-refractivity contribution < 1.29 is 24.2 Å². The Morgan fingerprint density at radius 3 is 2.72 bits per heavy atom. The van der Waals surface area contributed by atoms with E-state index in [-0.39, 0.29) is 31.4 Å². The Hall–Kier alpha value is -1.90. The summed E-state index contributed by atoms with van der Waals surface area (Å²) in [7, 11) is 0. The molecule has 1 aromatic rings. The SMILES string of the molecule is CCC(CO)(CO)NC(=O)C[C@H]1C(=O)NCCN1Cc1ccc(C)o1. The number of piperazine rings is 1. The lowest BCUT2D eigenvalue weighted by Gasteiger charge is -2.35. The van der Waals surface area contributed by atoms with Crippen LogP contribution >= 0.6 is 0 Å². The van der Waals surface area contributed by atoms with E-state index in [1.807, 2.05) is 24.0 Å². The van der Waals surface area contributed by atoms with Gasteiger partial charge in [0.2, 0.25) is 11.8 Å². The summed E-state index contributed by atoms with van der Waals surface area (Å²) < 4.78 is 5.57. The molecule has 1 fully saturated rings. The third-order valence-corrected chi connectivity index (χ3v) is 4.66. The quantitative estimate of drug-likeness (QED) is 0.502. The molecule has 0 bridgehead atoms. The van der Waals surface area contributed by atoms with E-state index in [9.17, 15) is 19.8 Å². The average molecular weight is 353 g/mol. The molecule has 0 saturated carbocycles. The number of hydrogen-bond acceptors (Lipinski definition) is 6. The summed E-state index contributed by atoms with van der Waals surface area (Å²) in [5.74, 6) is 0.947. The third kappa shape index (κ3) is 4.81. The summed E-state index contributed by atoms with van der Waals surface area (Å²) in [6, 6.07) is 3.10. The first-order valence-electron chi connectivity index (χ1n) is 8.53. The lowest BCUT2D eigenvalue weighted by Crippen LogP contribution is -2.58. The molecule has 0 spiro atoms. The first-order valence-corrected chi connectivity index (χ1v) is 8.53. The van der Waals surface area contributed by atoms with Gasteiger partial charge in [-0.25, -0.2) is 0 Å². The largest absolute Gasteiger partial charge is 0.465 e. The van der Waals surface area contributed by atoms with E-state index in [0.29, 0.717) is 26.1 Å². The highest BCUT2D eigenvalue weighted by molar-refractivity contribution is 5.89. The topological polar surface area (TPSA) is 115 Å². The van der Waals surface area contributed by atoms with Gasteiger partial charge < -0.3 is 25.3 Å². The number of amides is 2. The van der Waals surface area contributed by atoms with Crippen LogP contribution in [0.1, 0.15) is 31.3 Å². The number of nitrogens with zero attached hydrogens (tertiary/aromatic N) is 1. The van der Waals surface area contributed by atoms with Gasteiger partial charge in [0.15, 0.2) is 0 Å². The molecule has 1 aromatic heterocycles. The summed E-state index contributed by atoms with van der Waals surface area (Å²) in [5.41, 5.74) is -1.06. The van der Waals surface area contributed by atoms with Gasteiger partial charge in [-0.05, 0) is 25.5 Å². The monoisotopic (exact) mass is 353 g/mol. The molecule has 25 heavy (non-hydrogen) atoms. The van der Waals surface area contributed by atoms with Crippen molar-refractivity contribution in [3.05, 3.63) is 23.7 Å². The van der Waals surface area contributed by atoms with Gasteiger partial charge in [-0.15, -0.1) is 0 Å². The highest BCUT2D eigenvalue weighted by atomic mass is 16.3. The highest BCUT2D eigenvalue weighted by Crippen LogP contribution is 2.17. The number of aryl methyl sites for hydroxylation is 1. The van der Waals surface area contributed by atoms with Crippen molar-refractivity contribution in [2.24, 2.45) is 0 Å². The van der Waals surface area contributed by atoms with Crippen molar-refractivity contribution in [2.75, 3.05) is 26.3 Å². The lowest BCUT2D eigenvalue weighted by molar-refractivity contribution is -0.135. The number of carbonyl (C=O) groups is 2. The Labute approximate surface area is 147 Å². The number of furan rings is 1. The molecular weight excluding hydrogens is 326 g/mol. The number of nitrogens with one attached hydrogen (secondary N) is 2. The molecule has 1 aliphatic heterocycles. The maximum absolute atomic E-state index is 12.4. The minimum absolute atomic E-state index is 0.0483. The van der Waals surface area contributed by atoms with Gasteiger partial charge in [0.25, 0.3) is 0 Å². The summed E-state index contributed by atoms with van der Waals surface area (Å²) in [6.07, 6.45) is 0.339. The van der Waals surface area contributed by atoms with Gasteiger partial charge in [-0.3, -0.25) is 14.5 Å². The van der Waals surface area contributed by atoms with Crippen LogP contribution in [0.25, 0.3) is 0 Å². The Bertz CT molecular complexity index is 589. The van der Waals surface area contributed by atoms with Crippen LogP contribution in [0.15, 0.2) is 16.5 Å². The van der Waals surface area contributed by atoms with Crippen molar-refractivity contribution in [3.63, 3.8) is 0 Å². The number of aliphatic hydroxyl groups excluding tert-OH is 2. The van der Waals surface area contributed by atoms with E-state index in [1.54, 1.807) is 6.92 Å². The fourth-order valence-corrected chi connectivity index (χ4v) is 2.91. The van der Waals surface area contributed by atoms with E-state index >= 15 is 0 Å². The lowest BCUT2D eigenvalue weighted by atomic mass is 9.97. The molecule has 140 valence electrons. The zero-order valence-corrected chi connectivity index (χ0v) is 14.7. The molecule has 4 N–H and O–H groups in total. The Morgan fingerprint density at radius 2 is 2.16 bits per heavy atom. The minimum Gasteiger partial charge on any atom is -0.465 e. The van der Waals surface area contributed by atoms with Crippen molar-refractivity contribution >= 4 is 11.8 Å². The van der Waals surface area contributed by atoms with Crippen LogP contribution in [-0.2, 0) is 16.1 Å². The van der Waals surface area contributed by atoms with Gasteiger partial charge in [0.05, 0.1) is 37.8 Å². The van der Waals surface area contributed by atoms with Crippen molar-refractivity contribution in [1.29, 1.82) is 0 Å². The second-order valence-electron chi connectivity index (χ2n) is 6.49. The number of rotatable bonds is 8. The zero-order valence-electron chi connectivity index (χ0n) is 14.7. The molecule has 2 rings (SSSR count). The standard InChI is InChI=1S/C17H27N3O5/c1-3-17(10-21,11-22)19-15(23)8-14-16(24)18-6-7-20(14)9-13-5-4-12(2)25-13/h4-5,14,21-22H,3,6-11H2,1-2H3,(H,18,24)(H,19,23)/t14-/m0/s1. The van der Waals surface area contributed by atoms with Crippen molar-refractivity contribution in [2.45, 2.75) is 44.8 Å². The molecule has 8 heteroatoms. The van der Waals surface area contributed by atoms with Gasteiger partial charge in [-0.1, -0.05) is 6.92 Å². The smallest absolute Gasteiger partial charge is 0.237 e. The van der Waals surface area contributed by atoms with Gasteiger partial charge in [-0.2, -0.15) is 0 Å². The van der Waals surface area contributed by atoms with Crippen LogP contribution in [0.2, 0.25) is 0 Å². The van der Waals surface area contributed by atoms with Crippen LogP contribution in [0, 0.1) is 6.92 Å². The normalized spacial score (nSPS) is 18.9. The fraction of sp³-hybridized carbons (Fsp3) is 0.647.